The van der Waals surface area contributed by atoms with Crippen molar-refractivity contribution in [3.63, 3.8) is 0 Å². The number of likely N-dealkylation sites (tertiary alicyclic amines) is 1. The molecular formula is C27H26FN5O2. The van der Waals surface area contributed by atoms with Gasteiger partial charge in [0, 0.05) is 48.7 Å². The van der Waals surface area contributed by atoms with Crippen LogP contribution in [0.25, 0.3) is 5.69 Å². The summed E-state index contributed by atoms with van der Waals surface area (Å²) in [6.45, 7) is 5.11. The highest BCUT2D eigenvalue weighted by atomic mass is 19.1. The van der Waals surface area contributed by atoms with Gasteiger partial charge in [-0.1, -0.05) is 12.1 Å². The maximum absolute atomic E-state index is 13.6. The second-order valence-corrected chi connectivity index (χ2v) is 8.79. The van der Waals surface area contributed by atoms with Gasteiger partial charge in [-0.25, -0.2) is 14.1 Å². The van der Waals surface area contributed by atoms with Crippen LogP contribution in [0, 0.1) is 19.7 Å². The lowest BCUT2D eigenvalue weighted by molar-refractivity contribution is 0.0704. The molecule has 178 valence electrons. The summed E-state index contributed by atoms with van der Waals surface area (Å²) in [5, 5.41) is 4.53. The van der Waals surface area contributed by atoms with E-state index >= 15 is 0 Å². The lowest BCUT2D eigenvalue weighted by Gasteiger charge is -2.33. The Kier molecular flexibility index (Phi) is 6.27. The minimum Gasteiger partial charge on any atom is -0.437 e. The van der Waals surface area contributed by atoms with Gasteiger partial charge in [0.1, 0.15) is 17.3 Å². The predicted molar refractivity (Wildman–Crippen MR) is 129 cm³/mol. The number of carbonyl (C=O) groups excluding carboxylic acids is 1. The van der Waals surface area contributed by atoms with Crippen LogP contribution >= 0.6 is 0 Å². The fraction of sp³-hybridized carbons (Fsp3) is 0.259. The van der Waals surface area contributed by atoms with E-state index in [1.165, 1.54) is 12.1 Å². The van der Waals surface area contributed by atoms with Crippen molar-refractivity contribution in [2.24, 2.45) is 0 Å². The number of hydrogen-bond donors (Lipinski definition) is 0. The zero-order chi connectivity index (χ0) is 24.4. The van der Waals surface area contributed by atoms with Gasteiger partial charge < -0.3 is 9.64 Å². The summed E-state index contributed by atoms with van der Waals surface area (Å²) in [6, 6.07) is 15.5. The molecule has 7 nitrogen and oxygen atoms in total. The van der Waals surface area contributed by atoms with Gasteiger partial charge in [-0.15, -0.1) is 0 Å². The topological polar surface area (TPSA) is 73.1 Å². The third kappa shape index (κ3) is 4.91. The number of nitrogens with zero attached hydrogens (tertiary/aromatic N) is 5. The molecule has 1 amide bonds. The molecule has 2 aromatic heterocycles. The molecule has 1 unspecified atom stereocenters. The second kappa shape index (κ2) is 9.66. The monoisotopic (exact) mass is 471 g/mol. The number of rotatable bonds is 5. The van der Waals surface area contributed by atoms with E-state index < -0.39 is 0 Å². The van der Waals surface area contributed by atoms with Crippen LogP contribution in [-0.2, 0) is 0 Å². The molecule has 5 rings (SSSR count). The molecule has 4 aromatic rings. The van der Waals surface area contributed by atoms with Crippen LogP contribution in [0.15, 0.2) is 67.0 Å². The van der Waals surface area contributed by atoms with E-state index in [-0.39, 0.29) is 17.6 Å². The summed E-state index contributed by atoms with van der Waals surface area (Å²) in [5.41, 5.74) is 4.09. The molecule has 1 fully saturated rings. The number of benzene rings is 2. The number of ether oxygens (including phenoxy) is 1. The van der Waals surface area contributed by atoms with E-state index in [0.717, 1.165) is 29.9 Å². The van der Waals surface area contributed by atoms with Gasteiger partial charge in [-0.05, 0) is 63.1 Å². The van der Waals surface area contributed by atoms with Crippen LogP contribution in [0.4, 0.5) is 4.39 Å². The van der Waals surface area contributed by atoms with Gasteiger partial charge in [0.25, 0.3) is 5.91 Å². The fourth-order valence-electron chi connectivity index (χ4n) is 4.57. The van der Waals surface area contributed by atoms with Crippen molar-refractivity contribution < 1.29 is 13.9 Å². The smallest absolute Gasteiger partial charge is 0.253 e. The average molecular weight is 472 g/mol. The molecule has 0 saturated carbocycles. The van der Waals surface area contributed by atoms with Crippen LogP contribution in [0.5, 0.6) is 11.6 Å². The normalized spacial score (nSPS) is 15.7. The second-order valence-electron chi connectivity index (χ2n) is 8.79. The lowest BCUT2D eigenvalue weighted by atomic mass is 9.94. The molecular weight excluding hydrogens is 445 g/mol. The largest absolute Gasteiger partial charge is 0.437 e. The number of halogens is 1. The van der Waals surface area contributed by atoms with E-state index in [4.69, 9.17) is 4.74 Å². The maximum atomic E-state index is 13.6. The van der Waals surface area contributed by atoms with Crippen LogP contribution in [0.1, 0.15) is 46.2 Å². The molecule has 0 aliphatic carbocycles. The van der Waals surface area contributed by atoms with Gasteiger partial charge >= 0.3 is 0 Å². The predicted octanol–water partition coefficient (Wildman–Crippen LogP) is 5.23. The first-order valence-corrected chi connectivity index (χ1v) is 11.7. The molecule has 3 heterocycles. The van der Waals surface area contributed by atoms with Crippen LogP contribution < -0.4 is 4.74 Å². The SMILES string of the molecule is Cc1cc(C)n(-c2cccc(C(=O)N3CCCC(c4nccnc4Oc4cccc(F)c4)C3)c2)n1. The van der Waals surface area contributed by atoms with Crippen molar-refractivity contribution in [1.29, 1.82) is 0 Å². The Hall–Kier alpha value is -4.07. The number of piperidine rings is 1. The Bertz CT molecular complexity index is 1370. The quantitative estimate of drug-likeness (QED) is 0.399. The zero-order valence-electron chi connectivity index (χ0n) is 19.7. The molecule has 8 heteroatoms. The minimum atomic E-state index is -0.384. The van der Waals surface area contributed by atoms with Crippen LogP contribution in [-0.4, -0.2) is 43.6 Å². The molecule has 0 radical (unpaired) electrons. The van der Waals surface area contributed by atoms with Gasteiger partial charge in [0.2, 0.25) is 5.88 Å². The van der Waals surface area contributed by atoms with Gasteiger partial charge in [0.05, 0.1) is 11.4 Å². The highest BCUT2D eigenvalue weighted by Crippen LogP contribution is 2.33. The van der Waals surface area contributed by atoms with Gasteiger partial charge in [0.15, 0.2) is 0 Å². The molecule has 1 aliphatic rings. The summed E-state index contributed by atoms with van der Waals surface area (Å²) in [4.78, 5) is 24.2. The number of aromatic nitrogens is 4. The lowest BCUT2D eigenvalue weighted by Crippen LogP contribution is -2.39. The van der Waals surface area contributed by atoms with Gasteiger partial charge in [-0.3, -0.25) is 9.78 Å². The number of carbonyl (C=O) groups is 1. The standard InChI is InChI=1S/C27H26FN5O2/c1-18-14-19(2)33(31-18)23-9-3-6-20(15-23)27(34)32-13-5-7-21(17-32)25-26(30-12-11-29-25)35-24-10-4-8-22(28)16-24/h3-4,6,8-12,14-16,21H,5,7,13,17H2,1-2H3. The van der Waals surface area contributed by atoms with Gasteiger partial charge in [-0.2, -0.15) is 5.10 Å². The first-order valence-electron chi connectivity index (χ1n) is 11.7. The Balaban J connectivity index is 1.36. The van der Waals surface area contributed by atoms with Crippen molar-refractivity contribution in [2.45, 2.75) is 32.6 Å². The van der Waals surface area contributed by atoms with Crippen molar-refractivity contribution in [2.75, 3.05) is 13.1 Å². The average Bonchev–Trinajstić information content (AvgIpc) is 3.22. The molecule has 2 aromatic carbocycles. The molecule has 1 saturated heterocycles. The Labute approximate surface area is 203 Å². The summed E-state index contributed by atoms with van der Waals surface area (Å²) >= 11 is 0. The van der Waals surface area contributed by atoms with Crippen LogP contribution in [0.3, 0.4) is 0 Å². The first kappa shape index (κ1) is 22.7. The first-order chi connectivity index (χ1) is 17.0. The van der Waals surface area contributed by atoms with E-state index in [1.54, 1.807) is 24.5 Å². The minimum absolute atomic E-state index is 0.0328. The van der Waals surface area contributed by atoms with Crippen LogP contribution in [0.2, 0.25) is 0 Å². The fourth-order valence-corrected chi connectivity index (χ4v) is 4.57. The summed E-state index contributed by atoms with van der Waals surface area (Å²) in [5.74, 6) is 0.240. The highest BCUT2D eigenvalue weighted by Gasteiger charge is 2.29. The summed E-state index contributed by atoms with van der Waals surface area (Å²) < 4.78 is 21.3. The van der Waals surface area contributed by atoms with Crippen molar-refractivity contribution in [3.05, 3.63) is 95.5 Å². The van der Waals surface area contributed by atoms with Crippen molar-refractivity contribution in [3.8, 4) is 17.3 Å². The molecule has 0 bridgehead atoms. The van der Waals surface area contributed by atoms with E-state index in [0.29, 0.717) is 36.0 Å². The molecule has 1 atom stereocenters. The van der Waals surface area contributed by atoms with E-state index in [9.17, 15) is 9.18 Å². The molecule has 1 aliphatic heterocycles. The number of amides is 1. The van der Waals surface area contributed by atoms with Crippen molar-refractivity contribution >= 4 is 5.91 Å². The summed E-state index contributed by atoms with van der Waals surface area (Å²) in [7, 11) is 0. The third-order valence-corrected chi connectivity index (χ3v) is 6.14. The molecule has 0 N–H and O–H groups in total. The van der Waals surface area contributed by atoms with E-state index in [1.807, 2.05) is 53.8 Å². The highest BCUT2D eigenvalue weighted by molar-refractivity contribution is 5.94. The summed E-state index contributed by atoms with van der Waals surface area (Å²) in [6.07, 6.45) is 4.86. The number of aryl methyl sites for hydroxylation is 2. The number of hydrogen-bond acceptors (Lipinski definition) is 5. The Morgan fingerprint density at radius 2 is 1.89 bits per heavy atom. The maximum Gasteiger partial charge on any atom is 0.253 e. The molecule has 35 heavy (non-hydrogen) atoms. The third-order valence-electron chi connectivity index (χ3n) is 6.14. The Morgan fingerprint density at radius 3 is 2.69 bits per heavy atom. The molecule has 0 spiro atoms. The van der Waals surface area contributed by atoms with E-state index in [2.05, 4.69) is 15.1 Å². The zero-order valence-corrected chi connectivity index (χ0v) is 19.7. The Morgan fingerprint density at radius 1 is 1.06 bits per heavy atom. The van der Waals surface area contributed by atoms with Crippen molar-refractivity contribution in [1.82, 2.24) is 24.6 Å².